The van der Waals surface area contributed by atoms with Gasteiger partial charge < -0.3 is 5.11 Å². The Labute approximate surface area is 114 Å². The van der Waals surface area contributed by atoms with E-state index in [1.807, 2.05) is 6.07 Å². The minimum absolute atomic E-state index is 0.289. The Bertz CT molecular complexity index is 603. The van der Waals surface area contributed by atoms with Gasteiger partial charge >= 0.3 is 5.97 Å². The van der Waals surface area contributed by atoms with Gasteiger partial charge in [0.05, 0.1) is 11.4 Å². The minimum atomic E-state index is -0.810. The van der Waals surface area contributed by atoms with Crippen LogP contribution in [-0.2, 0) is 10.5 Å². The summed E-state index contributed by atoms with van der Waals surface area (Å²) in [5.41, 5.74) is 1.58. The number of thioether (sulfide) groups is 1. The van der Waals surface area contributed by atoms with Crippen molar-refractivity contribution in [2.75, 3.05) is 5.75 Å². The molecule has 1 unspecified atom stereocenters. The molecule has 5 heteroatoms. The lowest BCUT2D eigenvalue weighted by Crippen LogP contribution is -2.11. The van der Waals surface area contributed by atoms with Crippen LogP contribution in [0.3, 0.4) is 0 Å². The normalized spacial score (nSPS) is 12.5. The van der Waals surface area contributed by atoms with Crippen molar-refractivity contribution < 1.29 is 14.3 Å². The first kappa shape index (κ1) is 13.8. The second-order valence-electron chi connectivity index (χ2n) is 4.39. The van der Waals surface area contributed by atoms with Crippen LogP contribution in [0.15, 0.2) is 30.5 Å². The number of fused-ring (bicyclic) bond motifs is 1. The molecule has 100 valence electrons. The number of hydrogen-bond acceptors (Lipinski definition) is 3. The quantitative estimate of drug-likeness (QED) is 0.912. The van der Waals surface area contributed by atoms with Crippen LogP contribution in [0.25, 0.3) is 10.9 Å². The maximum atomic E-state index is 13.5. The van der Waals surface area contributed by atoms with Crippen LogP contribution in [0.4, 0.5) is 4.39 Å². The largest absolute Gasteiger partial charge is 0.481 e. The molecule has 0 amide bonds. The first-order valence-corrected chi connectivity index (χ1v) is 7.07. The van der Waals surface area contributed by atoms with Crippen LogP contribution in [0.2, 0.25) is 0 Å². The molecule has 0 radical (unpaired) electrons. The molecular weight excluding hydrogens is 265 g/mol. The van der Waals surface area contributed by atoms with Gasteiger partial charge in [-0.05, 0) is 23.8 Å². The van der Waals surface area contributed by atoms with E-state index >= 15 is 0 Å². The lowest BCUT2D eigenvalue weighted by atomic mass is 10.1. The number of halogens is 1. The maximum absolute atomic E-state index is 13.5. The molecule has 2 rings (SSSR count). The third-order valence-corrected chi connectivity index (χ3v) is 4.05. The van der Waals surface area contributed by atoms with Crippen LogP contribution >= 0.6 is 11.8 Å². The standard InChI is InChI=1S/C14H14FNO2S/c1-9(14(17)18)7-19-8-11-6-12(15)5-10-3-2-4-16-13(10)11/h2-6,9H,7-8H2,1H3,(H,17,18). The van der Waals surface area contributed by atoms with E-state index in [4.69, 9.17) is 5.11 Å². The number of aromatic nitrogens is 1. The predicted octanol–water partition coefficient (Wildman–Crippen LogP) is 3.33. The number of aliphatic carboxylic acids is 1. The van der Waals surface area contributed by atoms with Gasteiger partial charge in [-0.15, -0.1) is 0 Å². The van der Waals surface area contributed by atoms with E-state index in [0.717, 1.165) is 16.5 Å². The van der Waals surface area contributed by atoms with Crippen molar-refractivity contribution in [2.45, 2.75) is 12.7 Å². The fourth-order valence-electron chi connectivity index (χ4n) is 1.75. The van der Waals surface area contributed by atoms with Crippen molar-refractivity contribution in [3.05, 3.63) is 41.8 Å². The summed E-state index contributed by atoms with van der Waals surface area (Å²) in [5, 5.41) is 9.58. The average molecular weight is 279 g/mol. The number of benzene rings is 1. The monoisotopic (exact) mass is 279 g/mol. The van der Waals surface area contributed by atoms with Gasteiger partial charge in [0.2, 0.25) is 0 Å². The Morgan fingerprint density at radius 2 is 2.32 bits per heavy atom. The number of nitrogens with zero attached hydrogens (tertiary/aromatic N) is 1. The number of rotatable bonds is 5. The molecule has 0 aliphatic rings. The Kier molecular flexibility index (Phi) is 4.37. The topological polar surface area (TPSA) is 50.2 Å². The molecule has 1 aromatic carbocycles. The maximum Gasteiger partial charge on any atom is 0.307 e. The summed E-state index contributed by atoms with van der Waals surface area (Å²) in [6, 6.07) is 6.51. The van der Waals surface area contributed by atoms with E-state index in [-0.39, 0.29) is 5.82 Å². The molecular formula is C14H14FNO2S. The Hall–Kier alpha value is -1.62. The van der Waals surface area contributed by atoms with Crippen LogP contribution < -0.4 is 0 Å². The van der Waals surface area contributed by atoms with Crippen LogP contribution in [0.5, 0.6) is 0 Å². The van der Waals surface area contributed by atoms with Crippen molar-refractivity contribution in [2.24, 2.45) is 5.92 Å². The van der Waals surface area contributed by atoms with Gasteiger partial charge in [-0.25, -0.2) is 4.39 Å². The zero-order valence-electron chi connectivity index (χ0n) is 10.5. The molecule has 1 heterocycles. The average Bonchev–Trinajstić information content (AvgIpc) is 2.38. The van der Waals surface area contributed by atoms with E-state index < -0.39 is 11.9 Å². The Morgan fingerprint density at radius 3 is 3.05 bits per heavy atom. The molecule has 0 saturated carbocycles. The molecule has 0 aliphatic carbocycles. The third kappa shape index (κ3) is 3.44. The second kappa shape index (κ2) is 6.02. The van der Waals surface area contributed by atoms with E-state index in [9.17, 15) is 9.18 Å². The summed E-state index contributed by atoms with van der Waals surface area (Å²) in [7, 11) is 0. The first-order valence-electron chi connectivity index (χ1n) is 5.91. The van der Waals surface area contributed by atoms with Gasteiger partial charge in [-0.1, -0.05) is 13.0 Å². The summed E-state index contributed by atoms with van der Waals surface area (Å²) in [5.74, 6) is -0.446. The minimum Gasteiger partial charge on any atom is -0.481 e. The number of carbonyl (C=O) groups is 1. The van der Waals surface area contributed by atoms with Gasteiger partial charge in [0, 0.05) is 23.1 Å². The SMILES string of the molecule is CC(CSCc1cc(F)cc2cccnc12)C(=O)O. The molecule has 19 heavy (non-hydrogen) atoms. The summed E-state index contributed by atoms with van der Waals surface area (Å²) in [4.78, 5) is 15.0. The van der Waals surface area contributed by atoms with E-state index in [1.54, 1.807) is 19.2 Å². The molecule has 0 spiro atoms. The van der Waals surface area contributed by atoms with Gasteiger partial charge in [0.15, 0.2) is 0 Å². The smallest absolute Gasteiger partial charge is 0.307 e. The van der Waals surface area contributed by atoms with E-state index in [2.05, 4.69) is 4.98 Å². The zero-order chi connectivity index (χ0) is 13.8. The van der Waals surface area contributed by atoms with Crippen molar-refractivity contribution in [1.82, 2.24) is 4.98 Å². The van der Waals surface area contributed by atoms with Gasteiger partial charge in [-0.3, -0.25) is 9.78 Å². The summed E-state index contributed by atoms with van der Waals surface area (Å²) < 4.78 is 13.5. The van der Waals surface area contributed by atoms with Gasteiger partial charge in [0.1, 0.15) is 5.82 Å². The lowest BCUT2D eigenvalue weighted by Gasteiger charge is -2.08. The van der Waals surface area contributed by atoms with Gasteiger partial charge in [0.25, 0.3) is 0 Å². The first-order chi connectivity index (χ1) is 9.08. The van der Waals surface area contributed by atoms with Gasteiger partial charge in [-0.2, -0.15) is 11.8 Å². The third-order valence-electron chi connectivity index (χ3n) is 2.80. The summed E-state index contributed by atoms with van der Waals surface area (Å²) >= 11 is 1.48. The van der Waals surface area contributed by atoms with Crippen LogP contribution in [0.1, 0.15) is 12.5 Å². The fraction of sp³-hybridized carbons (Fsp3) is 0.286. The number of pyridine rings is 1. The summed E-state index contributed by atoms with van der Waals surface area (Å²) in [6.07, 6.45) is 1.67. The molecule has 0 fully saturated rings. The second-order valence-corrected chi connectivity index (χ2v) is 5.42. The van der Waals surface area contributed by atoms with Crippen molar-refractivity contribution in [1.29, 1.82) is 0 Å². The highest BCUT2D eigenvalue weighted by Crippen LogP contribution is 2.23. The lowest BCUT2D eigenvalue weighted by molar-refractivity contribution is -0.140. The highest BCUT2D eigenvalue weighted by Gasteiger charge is 2.11. The van der Waals surface area contributed by atoms with Crippen molar-refractivity contribution >= 4 is 28.6 Å². The zero-order valence-corrected chi connectivity index (χ0v) is 11.3. The van der Waals surface area contributed by atoms with E-state index in [1.165, 1.54) is 23.9 Å². The molecule has 0 aliphatic heterocycles. The predicted molar refractivity (Wildman–Crippen MR) is 74.7 cm³/mol. The number of hydrogen-bond donors (Lipinski definition) is 1. The highest BCUT2D eigenvalue weighted by atomic mass is 32.2. The number of carboxylic acids is 1. The Balaban J connectivity index is 2.14. The molecule has 2 aromatic rings. The molecule has 3 nitrogen and oxygen atoms in total. The van der Waals surface area contributed by atoms with Crippen molar-refractivity contribution in [3.8, 4) is 0 Å². The van der Waals surface area contributed by atoms with Crippen LogP contribution in [0, 0.1) is 11.7 Å². The van der Waals surface area contributed by atoms with E-state index in [0.29, 0.717) is 11.5 Å². The van der Waals surface area contributed by atoms with Crippen LogP contribution in [-0.4, -0.2) is 21.8 Å². The molecule has 1 aromatic heterocycles. The Morgan fingerprint density at radius 1 is 1.53 bits per heavy atom. The molecule has 1 atom stereocenters. The highest BCUT2D eigenvalue weighted by molar-refractivity contribution is 7.98. The molecule has 1 N–H and O–H groups in total. The number of carboxylic acid groups (broad SMARTS) is 1. The fourth-order valence-corrected chi connectivity index (χ4v) is 2.81. The molecule has 0 bridgehead atoms. The molecule has 0 saturated heterocycles. The van der Waals surface area contributed by atoms with Crippen molar-refractivity contribution in [3.63, 3.8) is 0 Å². The summed E-state index contributed by atoms with van der Waals surface area (Å²) in [6.45, 7) is 1.66.